The summed E-state index contributed by atoms with van der Waals surface area (Å²) in [7, 11) is 0. The number of benzene rings is 3. The van der Waals surface area contributed by atoms with Crippen LogP contribution in [0.1, 0.15) is 51.7 Å². The molecular weight excluding hydrogens is 504 g/mol. The van der Waals surface area contributed by atoms with Crippen molar-refractivity contribution in [1.82, 2.24) is 25.2 Å². The highest BCUT2D eigenvalue weighted by atomic mass is 16.2. The Morgan fingerprint density at radius 1 is 0.750 bits per heavy atom. The van der Waals surface area contributed by atoms with Gasteiger partial charge in [0, 0.05) is 11.3 Å². The second kappa shape index (κ2) is 10.5. The van der Waals surface area contributed by atoms with E-state index in [-0.39, 0.29) is 11.2 Å². The summed E-state index contributed by atoms with van der Waals surface area (Å²) in [5, 5.41) is 14.4. The number of amides is 2. The fraction of sp³-hybridized carbons (Fsp3) is 0.161. The number of imide groups is 1. The molecule has 0 saturated heterocycles. The van der Waals surface area contributed by atoms with Crippen LogP contribution >= 0.6 is 0 Å². The van der Waals surface area contributed by atoms with Gasteiger partial charge in [-0.2, -0.15) is 5.21 Å². The number of H-pyrrole nitrogens is 1. The third kappa shape index (κ3) is 4.41. The molecule has 1 aliphatic heterocycles. The Morgan fingerprint density at radius 3 is 2.02 bits per heavy atom. The second-order valence-electron chi connectivity index (χ2n) is 9.67. The predicted octanol–water partition coefficient (Wildman–Crippen LogP) is 4.89. The molecule has 0 bridgehead atoms. The number of carbonyl (C=O) groups excluding carboxylic acids is 2. The summed E-state index contributed by atoms with van der Waals surface area (Å²) in [6, 6.07) is 25.9. The number of aromatic nitrogens is 5. The highest BCUT2D eigenvalue weighted by molar-refractivity contribution is 6.34. The number of aromatic amines is 1. The van der Waals surface area contributed by atoms with Crippen LogP contribution in [-0.4, -0.2) is 37.0 Å². The third-order valence-corrected chi connectivity index (χ3v) is 7.18. The number of aryl methyl sites for hydroxylation is 1. The Hall–Kier alpha value is -5.18. The molecule has 1 N–H and O–H groups in total. The van der Waals surface area contributed by atoms with Gasteiger partial charge >= 0.3 is 0 Å². The number of unbranched alkanes of at least 4 members (excludes halogenated alkanes) is 1. The minimum absolute atomic E-state index is 0.0668. The van der Waals surface area contributed by atoms with Gasteiger partial charge in [0.2, 0.25) is 5.82 Å². The smallest absolute Gasteiger partial charge is 0.275 e. The van der Waals surface area contributed by atoms with Crippen LogP contribution < -0.4 is 10.5 Å². The summed E-state index contributed by atoms with van der Waals surface area (Å²) in [5.41, 5.74) is 4.89. The molecule has 0 spiro atoms. The van der Waals surface area contributed by atoms with Crippen molar-refractivity contribution in [2.45, 2.75) is 32.7 Å². The normalized spacial score (nSPS) is 12.7. The first-order chi connectivity index (χ1) is 19.6. The van der Waals surface area contributed by atoms with Crippen LogP contribution in [0.3, 0.4) is 0 Å². The fourth-order valence-corrected chi connectivity index (χ4v) is 5.11. The van der Waals surface area contributed by atoms with Gasteiger partial charge in [-0.3, -0.25) is 14.4 Å². The molecule has 3 heterocycles. The lowest BCUT2D eigenvalue weighted by atomic mass is 9.98. The molecule has 0 saturated carbocycles. The van der Waals surface area contributed by atoms with E-state index in [1.165, 1.54) is 0 Å². The zero-order chi connectivity index (χ0) is 27.6. The summed E-state index contributed by atoms with van der Waals surface area (Å²) in [5.74, 6) is -0.442. The number of hydrogen-bond donors (Lipinski definition) is 1. The van der Waals surface area contributed by atoms with E-state index in [9.17, 15) is 14.4 Å². The minimum atomic E-state index is -0.477. The number of nitrogens with one attached hydrogen (secondary N) is 1. The van der Waals surface area contributed by atoms with Crippen molar-refractivity contribution in [2.24, 2.45) is 0 Å². The molecule has 1 aliphatic rings. The van der Waals surface area contributed by atoms with Crippen LogP contribution in [0, 0.1) is 0 Å². The lowest BCUT2D eigenvalue weighted by molar-refractivity contribution is 0.0925. The lowest BCUT2D eigenvalue weighted by Gasteiger charge is -2.19. The molecule has 0 unspecified atom stereocenters. The highest BCUT2D eigenvalue weighted by Crippen LogP contribution is 2.30. The number of nitrogens with zero attached hydrogens (tertiary/aromatic N) is 5. The monoisotopic (exact) mass is 530 g/mol. The first kappa shape index (κ1) is 25.1. The van der Waals surface area contributed by atoms with Crippen molar-refractivity contribution >= 4 is 17.5 Å². The standard InChI is InChI=1S/C31H26N6O3/c1-2-3-8-22-17-18-27(37-29(38)25-11-6-7-12-26(25)30(37)39)31(40)36(22)19-20-13-15-21(16-14-20)23-9-4-5-10-24(23)28-32-34-35-33-28/h4-7,9-18H,2-3,8,19H2,1H3,(H,32,33,34,35). The van der Waals surface area contributed by atoms with Gasteiger partial charge in [0.05, 0.1) is 17.7 Å². The van der Waals surface area contributed by atoms with E-state index in [2.05, 4.69) is 27.5 Å². The molecular formula is C31H26N6O3. The van der Waals surface area contributed by atoms with Crippen LogP contribution in [0.25, 0.3) is 22.5 Å². The van der Waals surface area contributed by atoms with Gasteiger partial charge in [-0.1, -0.05) is 74.0 Å². The van der Waals surface area contributed by atoms with E-state index in [0.717, 1.165) is 45.7 Å². The SMILES string of the molecule is CCCCc1ccc(N2C(=O)c3ccccc3C2=O)c(=O)n1Cc1ccc(-c2ccccc2-c2nn[nH]n2)cc1. The maximum atomic E-state index is 13.8. The van der Waals surface area contributed by atoms with Crippen LogP contribution in [0.5, 0.6) is 0 Å². The highest BCUT2D eigenvalue weighted by Gasteiger charge is 2.38. The summed E-state index contributed by atoms with van der Waals surface area (Å²) in [4.78, 5) is 41.1. The van der Waals surface area contributed by atoms with E-state index in [4.69, 9.17) is 0 Å². The number of tetrazole rings is 1. The number of pyridine rings is 1. The maximum absolute atomic E-state index is 13.8. The van der Waals surface area contributed by atoms with Crippen molar-refractivity contribution in [3.63, 3.8) is 0 Å². The summed E-state index contributed by atoms with van der Waals surface area (Å²) >= 11 is 0. The Labute approximate surface area is 230 Å². The van der Waals surface area contributed by atoms with E-state index >= 15 is 0 Å². The molecule has 40 heavy (non-hydrogen) atoms. The van der Waals surface area contributed by atoms with Gasteiger partial charge in [0.15, 0.2) is 0 Å². The first-order valence-electron chi connectivity index (χ1n) is 13.2. The Balaban J connectivity index is 1.35. The quantitative estimate of drug-likeness (QED) is 0.286. The fourth-order valence-electron chi connectivity index (χ4n) is 5.11. The molecule has 9 heteroatoms. The minimum Gasteiger partial charge on any atom is -0.306 e. The van der Waals surface area contributed by atoms with Gasteiger partial charge in [-0.25, -0.2) is 4.90 Å². The van der Waals surface area contributed by atoms with Crippen LogP contribution in [0.2, 0.25) is 0 Å². The van der Waals surface area contributed by atoms with Gasteiger partial charge in [-0.05, 0) is 59.0 Å². The van der Waals surface area contributed by atoms with Crippen molar-refractivity contribution in [3.8, 4) is 22.5 Å². The molecule has 0 fully saturated rings. The van der Waals surface area contributed by atoms with Gasteiger partial charge < -0.3 is 4.57 Å². The van der Waals surface area contributed by atoms with Gasteiger partial charge in [0.1, 0.15) is 5.69 Å². The second-order valence-corrected chi connectivity index (χ2v) is 9.67. The molecule has 2 amide bonds. The lowest BCUT2D eigenvalue weighted by Crippen LogP contribution is -2.37. The van der Waals surface area contributed by atoms with Crippen molar-refractivity contribution in [1.29, 1.82) is 0 Å². The van der Waals surface area contributed by atoms with Crippen molar-refractivity contribution < 1.29 is 9.59 Å². The Morgan fingerprint density at radius 2 is 1.40 bits per heavy atom. The molecule has 0 aliphatic carbocycles. The average molecular weight is 531 g/mol. The van der Waals surface area contributed by atoms with Crippen molar-refractivity contribution in [2.75, 3.05) is 4.90 Å². The molecule has 0 atom stereocenters. The molecule has 6 rings (SSSR count). The van der Waals surface area contributed by atoms with Gasteiger partial charge in [-0.15, -0.1) is 10.2 Å². The molecule has 9 nitrogen and oxygen atoms in total. The number of fused-ring (bicyclic) bond motifs is 1. The predicted molar refractivity (Wildman–Crippen MR) is 151 cm³/mol. The zero-order valence-electron chi connectivity index (χ0n) is 21.9. The molecule has 2 aromatic heterocycles. The van der Waals surface area contributed by atoms with Crippen LogP contribution in [0.4, 0.5) is 5.69 Å². The molecule has 0 radical (unpaired) electrons. The number of rotatable bonds is 8. The van der Waals surface area contributed by atoms with Gasteiger partial charge in [0.25, 0.3) is 17.4 Å². The largest absolute Gasteiger partial charge is 0.306 e. The number of anilines is 1. The number of hydrogen-bond acceptors (Lipinski definition) is 6. The summed E-state index contributed by atoms with van der Waals surface area (Å²) in [6.07, 6.45) is 2.60. The molecule has 198 valence electrons. The Kier molecular flexibility index (Phi) is 6.61. The van der Waals surface area contributed by atoms with E-state index in [1.807, 2.05) is 54.6 Å². The van der Waals surface area contributed by atoms with E-state index in [1.54, 1.807) is 34.9 Å². The van der Waals surface area contributed by atoms with E-state index < -0.39 is 11.8 Å². The zero-order valence-corrected chi connectivity index (χ0v) is 21.9. The topological polar surface area (TPSA) is 114 Å². The summed E-state index contributed by atoms with van der Waals surface area (Å²) in [6.45, 7) is 2.41. The maximum Gasteiger partial charge on any atom is 0.275 e. The Bertz CT molecular complexity index is 1740. The summed E-state index contributed by atoms with van der Waals surface area (Å²) < 4.78 is 1.68. The first-order valence-corrected chi connectivity index (χ1v) is 13.2. The van der Waals surface area contributed by atoms with Crippen LogP contribution in [-0.2, 0) is 13.0 Å². The third-order valence-electron chi connectivity index (χ3n) is 7.18. The van der Waals surface area contributed by atoms with E-state index in [0.29, 0.717) is 29.9 Å². The molecule has 3 aromatic carbocycles. The molecule has 5 aromatic rings. The van der Waals surface area contributed by atoms with Crippen molar-refractivity contribution in [3.05, 3.63) is 118 Å². The number of carbonyl (C=O) groups is 2. The van der Waals surface area contributed by atoms with Crippen LogP contribution in [0.15, 0.2) is 89.7 Å². The average Bonchev–Trinajstić information content (AvgIpc) is 3.61.